The highest BCUT2D eigenvalue weighted by molar-refractivity contribution is 6.05. The van der Waals surface area contributed by atoms with E-state index in [-0.39, 0.29) is 0 Å². The molecule has 0 atom stereocenters. The Kier molecular flexibility index (Phi) is 2.53. The fourth-order valence-corrected chi connectivity index (χ4v) is 3.33. The first-order valence-corrected chi connectivity index (χ1v) is 7.76. The van der Waals surface area contributed by atoms with Gasteiger partial charge in [-0.1, -0.05) is 60.7 Å². The first-order valence-electron chi connectivity index (χ1n) is 7.76. The second-order valence-electron chi connectivity index (χ2n) is 5.74. The minimum absolute atomic E-state index is 1.02. The maximum Gasteiger partial charge on any atom is 0.0957 e. The lowest BCUT2D eigenvalue weighted by atomic mass is 10.1. The van der Waals surface area contributed by atoms with E-state index in [9.17, 15) is 0 Å². The van der Waals surface area contributed by atoms with Crippen molar-refractivity contribution in [2.24, 2.45) is 0 Å². The molecule has 0 spiro atoms. The van der Waals surface area contributed by atoms with Gasteiger partial charge in [0.05, 0.1) is 22.6 Å². The van der Waals surface area contributed by atoms with Gasteiger partial charge < -0.3 is 4.40 Å². The number of hydrogen-bond acceptors (Lipinski definition) is 1. The molecule has 0 amide bonds. The van der Waals surface area contributed by atoms with Crippen LogP contribution in [0.15, 0.2) is 85.1 Å². The number of benzene rings is 2. The lowest BCUT2D eigenvalue weighted by molar-refractivity contribution is 1.18. The SMILES string of the molecule is c1ccc(-c2cc3n4ccccc4c4ccccc4c-3n2)cc1. The maximum absolute atomic E-state index is 4.94. The van der Waals surface area contributed by atoms with Crippen molar-refractivity contribution >= 4 is 16.3 Å². The van der Waals surface area contributed by atoms with Crippen LogP contribution in [-0.4, -0.2) is 9.38 Å². The van der Waals surface area contributed by atoms with E-state index in [4.69, 9.17) is 4.98 Å². The number of fused-ring (bicyclic) bond motifs is 6. The zero-order valence-corrected chi connectivity index (χ0v) is 12.5. The Balaban J connectivity index is 1.97. The van der Waals surface area contributed by atoms with Gasteiger partial charge in [0.2, 0.25) is 0 Å². The molecule has 2 aliphatic heterocycles. The van der Waals surface area contributed by atoms with E-state index in [1.807, 2.05) is 6.07 Å². The summed E-state index contributed by atoms with van der Waals surface area (Å²) in [6, 6.07) is 27.3. The summed E-state index contributed by atoms with van der Waals surface area (Å²) < 4.78 is 2.23. The molecule has 0 fully saturated rings. The second kappa shape index (κ2) is 4.68. The summed E-state index contributed by atoms with van der Waals surface area (Å²) in [7, 11) is 0. The topological polar surface area (TPSA) is 17.3 Å². The predicted molar refractivity (Wildman–Crippen MR) is 94.8 cm³/mol. The van der Waals surface area contributed by atoms with Crippen molar-refractivity contribution in [1.82, 2.24) is 9.38 Å². The van der Waals surface area contributed by atoms with Gasteiger partial charge in [-0.2, -0.15) is 0 Å². The van der Waals surface area contributed by atoms with E-state index >= 15 is 0 Å². The summed E-state index contributed by atoms with van der Waals surface area (Å²) >= 11 is 0. The molecule has 0 aliphatic carbocycles. The van der Waals surface area contributed by atoms with Gasteiger partial charge >= 0.3 is 0 Å². The molecular formula is C21H14N2. The van der Waals surface area contributed by atoms with Gasteiger partial charge in [0.15, 0.2) is 0 Å². The van der Waals surface area contributed by atoms with E-state index in [0.29, 0.717) is 0 Å². The molecule has 0 N–H and O–H groups in total. The number of pyridine rings is 2. The van der Waals surface area contributed by atoms with Gasteiger partial charge in [-0.15, -0.1) is 0 Å². The van der Waals surface area contributed by atoms with Crippen molar-refractivity contribution in [2.75, 3.05) is 0 Å². The fraction of sp³-hybridized carbons (Fsp3) is 0. The molecule has 3 heterocycles. The molecular weight excluding hydrogens is 280 g/mol. The predicted octanol–water partition coefficient (Wildman–Crippen LogP) is 5.26. The van der Waals surface area contributed by atoms with Crippen LogP contribution >= 0.6 is 0 Å². The first-order chi connectivity index (χ1) is 11.4. The normalized spacial score (nSPS) is 11.5. The third-order valence-corrected chi connectivity index (χ3v) is 4.40. The summed E-state index contributed by atoms with van der Waals surface area (Å²) in [5, 5.41) is 2.44. The van der Waals surface area contributed by atoms with E-state index in [0.717, 1.165) is 22.6 Å². The van der Waals surface area contributed by atoms with Crippen LogP contribution in [0.3, 0.4) is 0 Å². The molecule has 3 aromatic rings. The van der Waals surface area contributed by atoms with Crippen molar-refractivity contribution < 1.29 is 0 Å². The molecule has 0 bridgehead atoms. The third kappa shape index (κ3) is 1.78. The largest absolute Gasteiger partial charge is 0.314 e. The smallest absolute Gasteiger partial charge is 0.0957 e. The van der Waals surface area contributed by atoms with Crippen LogP contribution < -0.4 is 0 Å². The van der Waals surface area contributed by atoms with Crippen LogP contribution in [0.25, 0.3) is 38.9 Å². The average molecular weight is 294 g/mol. The molecule has 0 saturated carbocycles. The number of hydrogen-bond donors (Lipinski definition) is 0. The molecule has 5 rings (SSSR count). The van der Waals surface area contributed by atoms with Crippen LogP contribution in [0.5, 0.6) is 0 Å². The summed E-state index contributed by atoms with van der Waals surface area (Å²) in [6.07, 6.45) is 2.11. The Morgan fingerprint density at radius 2 is 1.43 bits per heavy atom. The molecule has 2 aliphatic rings. The Hall–Kier alpha value is -3.13. The van der Waals surface area contributed by atoms with Crippen molar-refractivity contribution in [1.29, 1.82) is 0 Å². The van der Waals surface area contributed by atoms with E-state index < -0.39 is 0 Å². The highest BCUT2D eigenvalue weighted by Gasteiger charge is 2.17. The Bertz CT molecular complexity index is 1040. The van der Waals surface area contributed by atoms with Crippen LogP contribution in [0.1, 0.15) is 0 Å². The molecule has 2 heteroatoms. The number of aromatic nitrogens is 2. The Morgan fingerprint density at radius 1 is 0.696 bits per heavy atom. The van der Waals surface area contributed by atoms with Gasteiger partial charge in [-0.25, -0.2) is 4.98 Å². The highest BCUT2D eigenvalue weighted by atomic mass is 14.9. The number of rotatable bonds is 1. The van der Waals surface area contributed by atoms with E-state index in [1.165, 1.54) is 16.3 Å². The van der Waals surface area contributed by atoms with Crippen molar-refractivity contribution in [3.8, 4) is 22.6 Å². The van der Waals surface area contributed by atoms with E-state index in [1.54, 1.807) is 0 Å². The lowest BCUT2D eigenvalue weighted by Gasteiger charge is -2.11. The van der Waals surface area contributed by atoms with Crippen LogP contribution in [0.4, 0.5) is 0 Å². The first kappa shape index (κ1) is 12.4. The van der Waals surface area contributed by atoms with Crippen molar-refractivity contribution in [3.63, 3.8) is 0 Å². The monoisotopic (exact) mass is 294 g/mol. The molecule has 0 radical (unpaired) electrons. The maximum atomic E-state index is 4.94. The van der Waals surface area contributed by atoms with Gasteiger partial charge in [0.25, 0.3) is 0 Å². The lowest BCUT2D eigenvalue weighted by Crippen LogP contribution is -1.95. The fourth-order valence-electron chi connectivity index (χ4n) is 3.33. The molecule has 2 aromatic carbocycles. The summed E-state index contributed by atoms with van der Waals surface area (Å²) in [4.78, 5) is 4.94. The molecule has 1 aromatic heterocycles. The zero-order chi connectivity index (χ0) is 15.2. The van der Waals surface area contributed by atoms with Crippen LogP contribution in [-0.2, 0) is 0 Å². The summed E-state index contributed by atoms with van der Waals surface area (Å²) in [5.41, 5.74) is 5.59. The third-order valence-electron chi connectivity index (χ3n) is 4.40. The summed E-state index contributed by atoms with van der Waals surface area (Å²) in [5.74, 6) is 0. The second-order valence-corrected chi connectivity index (χ2v) is 5.74. The van der Waals surface area contributed by atoms with Crippen LogP contribution in [0, 0.1) is 0 Å². The number of nitrogens with zero attached hydrogens (tertiary/aromatic N) is 2. The Morgan fingerprint density at radius 3 is 2.30 bits per heavy atom. The molecule has 108 valence electrons. The van der Waals surface area contributed by atoms with Gasteiger partial charge in [0, 0.05) is 22.5 Å². The van der Waals surface area contributed by atoms with Crippen molar-refractivity contribution in [2.45, 2.75) is 0 Å². The highest BCUT2D eigenvalue weighted by Crippen LogP contribution is 2.36. The zero-order valence-electron chi connectivity index (χ0n) is 12.5. The van der Waals surface area contributed by atoms with Gasteiger partial charge in [-0.05, 0) is 18.2 Å². The van der Waals surface area contributed by atoms with E-state index in [2.05, 4.69) is 83.4 Å². The van der Waals surface area contributed by atoms with Gasteiger partial charge in [0.1, 0.15) is 0 Å². The molecule has 0 unspecified atom stereocenters. The van der Waals surface area contributed by atoms with Crippen molar-refractivity contribution in [3.05, 3.63) is 85.1 Å². The summed E-state index contributed by atoms with van der Waals surface area (Å²) in [6.45, 7) is 0. The minimum Gasteiger partial charge on any atom is -0.314 e. The van der Waals surface area contributed by atoms with Crippen LogP contribution in [0.2, 0.25) is 0 Å². The Labute approximate surface area is 134 Å². The molecule has 23 heavy (non-hydrogen) atoms. The molecule has 0 saturated heterocycles. The minimum atomic E-state index is 1.02. The standard InChI is InChI=1S/C21H14N2/c1-2-8-15(9-3-1)18-14-20-21(22-18)17-11-5-4-10-16(17)19-12-6-7-13-23(19)20/h1-14H. The quantitative estimate of drug-likeness (QED) is 0.385. The molecule has 2 nitrogen and oxygen atoms in total. The average Bonchev–Trinajstić information content (AvgIpc) is 3.09. The van der Waals surface area contributed by atoms with Gasteiger partial charge in [-0.3, -0.25) is 0 Å².